The van der Waals surface area contributed by atoms with Crippen LogP contribution in [0, 0.1) is 0 Å². The third kappa shape index (κ3) is 17.7. The first-order valence-corrected chi connectivity index (χ1v) is 8.60. The molecule has 0 aliphatic rings. The summed E-state index contributed by atoms with van der Waals surface area (Å²) in [6, 6.07) is 1.52. The van der Waals surface area contributed by atoms with Crippen LogP contribution in [-0.4, -0.2) is 51.6 Å². The molecule has 6 heteroatoms. The van der Waals surface area contributed by atoms with E-state index in [0.29, 0.717) is 0 Å². The van der Waals surface area contributed by atoms with E-state index in [9.17, 15) is 0 Å². The minimum Gasteiger partial charge on any atom is -1.00 e. The van der Waals surface area contributed by atoms with Crippen molar-refractivity contribution in [3.05, 3.63) is 0 Å². The van der Waals surface area contributed by atoms with Gasteiger partial charge in [0.2, 0.25) is 0 Å². The Morgan fingerprint density at radius 2 is 0.909 bits per heavy atom. The Bertz CT molecular complexity index is 173. The van der Waals surface area contributed by atoms with Crippen LogP contribution < -0.4 is 58.6 Å². The molecule has 138 valence electrons. The first kappa shape index (κ1) is 28.1. The average Bonchev–Trinajstić information content (AvgIpc) is 2.49. The van der Waals surface area contributed by atoms with Gasteiger partial charge in [-0.05, 0) is 25.7 Å². The van der Waals surface area contributed by atoms with Crippen molar-refractivity contribution in [1.29, 1.82) is 0 Å². The first-order chi connectivity index (χ1) is 9.78. The molecule has 22 heavy (non-hydrogen) atoms. The molecule has 4 N–H and O–H groups in total. The number of quaternary nitrogens is 2. The third-order valence-electron chi connectivity index (χ3n) is 3.99. The van der Waals surface area contributed by atoms with E-state index in [-0.39, 0.29) is 48.0 Å². The van der Waals surface area contributed by atoms with Crippen molar-refractivity contribution < 1.29 is 68.1 Å². The molecule has 0 radical (unpaired) electrons. The summed E-state index contributed by atoms with van der Waals surface area (Å²) >= 11 is 0. The molecule has 0 bridgehead atoms. The molecule has 0 atom stereocenters. The lowest BCUT2D eigenvalue weighted by atomic mass is 10.2. The highest BCUT2D eigenvalue weighted by atomic mass is 127. The van der Waals surface area contributed by atoms with E-state index in [4.69, 9.17) is 9.47 Å². The fraction of sp³-hybridized carbons (Fsp3) is 1.00. The molecule has 0 aliphatic heterocycles. The lowest BCUT2D eigenvalue weighted by molar-refractivity contribution is -0.691. The Morgan fingerprint density at radius 1 is 0.591 bits per heavy atom. The molecule has 0 amide bonds. The number of ether oxygens (including phenoxy) is 2. The SMILES string of the molecule is CCC(CC)[NH2+]CCOCCOCC[NH2+]C(CC)CC.[I-].[I-]. The zero-order valence-corrected chi connectivity index (χ0v) is 19.3. The van der Waals surface area contributed by atoms with Gasteiger partial charge in [-0.2, -0.15) is 0 Å². The predicted molar refractivity (Wildman–Crippen MR) is 84.0 cm³/mol. The molecule has 0 unspecified atom stereocenters. The maximum Gasteiger partial charge on any atom is 0.0995 e. The highest BCUT2D eigenvalue weighted by molar-refractivity contribution is 4.46. The summed E-state index contributed by atoms with van der Waals surface area (Å²) < 4.78 is 11.2. The lowest BCUT2D eigenvalue weighted by Crippen LogP contribution is -3.00. The Morgan fingerprint density at radius 3 is 1.18 bits per heavy atom. The van der Waals surface area contributed by atoms with Gasteiger partial charge in [-0.25, -0.2) is 0 Å². The van der Waals surface area contributed by atoms with E-state index >= 15 is 0 Å². The zero-order chi connectivity index (χ0) is 15.1. The van der Waals surface area contributed by atoms with Gasteiger partial charge in [0.05, 0.1) is 51.6 Å². The Hall–Kier alpha value is 1.30. The van der Waals surface area contributed by atoms with Crippen LogP contribution in [-0.2, 0) is 9.47 Å². The van der Waals surface area contributed by atoms with E-state index in [1.165, 1.54) is 25.7 Å². The second-order valence-corrected chi connectivity index (χ2v) is 5.43. The molecule has 0 heterocycles. The standard InChI is InChI=1S/C16H36N2O2.2HI/c1-5-15(6-2)17-9-11-19-13-14-20-12-10-18-16(7-3)8-4;;/h15-18H,5-14H2,1-4H3;2*1H. The van der Waals surface area contributed by atoms with Crippen LogP contribution in [0.2, 0.25) is 0 Å². The zero-order valence-electron chi connectivity index (χ0n) is 15.0. The molecule has 0 spiro atoms. The molecule has 4 nitrogen and oxygen atoms in total. The average molecular weight is 544 g/mol. The van der Waals surface area contributed by atoms with Crippen LogP contribution in [0.3, 0.4) is 0 Å². The maximum atomic E-state index is 5.58. The van der Waals surface area contributed by atoms with Crippen molar-refractivity contribution in [2.75, 3.05) is 39.5 Å². The fourth-order valence-corrected chi connectivity index (χ4v) is 2.34. The topological polar surface area (TPSA) is 51.7 Å². The lowest BCUT2D eigenvalue weighted by Gasteiger charge is -2.12. The second-order valence-electron chi connectivity index (χ2n) is 5.43. The van der Waals surface area contributed by atoms with Crippen molar-refractivity contribution >= 4 is 0 Å². The molecular weight excluding hydrogens is 506 g/mol. The molecular formula is C16H38I2N2O2. The molecule has 0 rings (SSSR count). The van der Waals surface area contributed by atoms with Crippen LogP contribution in [0.25, 0.3) is 0 Å². The highest BCUT2D eigenvalue weighted by Crippen LogP contribution is 1.89. The summed E-state index contributed by atoms with van der Waals surface area (Å²) in [6.07, 6.45) is 4.97. The van der Waals surface area contributed by atoms with Gasteiger partial charge < -0.3 is 68.1 Å². The van der Waals surface area contributed by atoms with Gasteiger partial charge >= 0.3 is 0 Å². The predicted octanol–water partition coefficient (Wildman–Crippen LogP) is -5.47. The van der Waals surface area contributed by atoms with E-state index < -0.39 is 0 Å². The summed E-state index contributed by atoms with van der Waals surface area (Å²) in [5, 5.41) is 4.79. The molecule has 0 aromatic heterocycles. The Balaban J connectivity index is -0.00000180. The molecule has 0 aliphatic carbocycles. The van der Waals surface area contributed by atoms with Gasteiger partial charge in [-0.3, -0.25) is 0 Å². The summed E-state index contributed by atoms with van der Waals surface area (Å²) in [7, 11) is 0. The number of hydrogen-bond donors (Lipinski definition) is 2. The minimum atomic E-state index is 0. The van der Waals surface area contributed by atoms with Gasteiger partial charge in [-0.15, -0.1) is 0 Å². The van der Waals surface area contributed by atoms with Crippen LogP contribution in [0.1, 0.15) is 53.4 Å². The molecule has 0 aromatic rings. The monoisotopic (exact) mass is 544 g/mol. The largest absolute Gasteiger partial charge is 1.00 e. The van der Waals surface area contributed by atoms with Crippen molar-refractivity contribution in [2.24, 2.45) is 0 Å². The number of halogens is 2. The molecule has 0 aromatic carbocycles. The van der Waals surface area contributed by atoms with Gasteiger partial charge in [-0.1, -0.05) is 27.7 Å². The molecule has 0 fully saturated rings. The number of rotatable bonds is 15. The normalized spacial score (nSPS) is 10.6. The van der Waals surface area contributed by atoms with Gasteiger partial charge in [0, 0.05) is 0 Å². The van der Waals surface area contributed by atoms with Crippen LogP contribution in [0.4, 0.5) is 0 Å². The van der Waals surface area contributed by atoms with E-state index in [2.05, 4.69) is 38.3 Å². The van der Waals surface area contributed by atoms with Crippen LogP contribution >= 0.6 is 0 Å². The van der Waals surface area contributed by atoms with Crippen molar-refractivity contribution in [3.63, 3.8) is 0 Å². The fourth-order valence-electron chi connectivity index (χ4n) is 2.34. The van der Waals surface area contributed by atoms with Crippen LogP contribution in [0.15, 0.2) is 0 Å². The molecule has 0 saturated carbocycles. The summed E-state index contributed by atoms with van der Waals surface area (Å²) in [5.41, 5.74) is 0. The van der Waals surface area contributed by atoms with Gasteiger partial charge in [0.25, 0.3) is 0 Å². The summed E-state index contributed by atoms with van der Waals surface area (Å²) in [5.74, 6) is 0. The number of nitrogens with two attached hydrogens (primary N) is 2. The summed E-state index contributed by atoms with van der Waals surface area (Å²) in [4.78, 5) is 0. The van der Waals surface area contributed by atoms with E-state index in [1.807, 2.05) is 0 Å². The summed E-state index contributed by atoms with van der Waals surface area (Å²) in [6.45, 7) is 14.2. The molecule has 0 saturated heterocycles. The quantitative estimate of drug-likeness (QED) is 0.160. The first-order valence-electron chi connectivity index (χ1n) is 8.60. The highest BCUT2D eigenvalue weighted by Gasteiger charge is 2.05. The van der Waals surface area contributed by atoms with E-state index in [0.717, 1.165) is 51.6 Å². The van der Waals surface area contributed by atoms with E-state index in [1.54, 1.807) is 0 Å². The van der Waals surface area contributed by atoms with Crippen molar-refractivity contribution in [1.82, 2.24) is 0 Å². The van der Waals surface area contributed by atoms with Crippen LogP contribution in [0.5, 0.6) is 0 Å². The maximum absolute atomic E-state index is 5.58. The van der Waals surface area contributed by atoms with Gasteiger partial charge in [0.1, 0.15) is 0 Å². The second kappa shape index (κ2) is 22.3. The third-order valence-corrected chi connectivity index (χ3v) is 3.99. The Kier molecular flexibility index (Phi) is 28.5. The smallest absolute Gasteiger partial charge is 0.0995 e. The van der Waals surface area contributed by atoms with Crippen molar-refractivity contribution in [3.8, 4) is 0 Å². The van der Waals surface area contributed by atoms with Crippen molar-refractivity contribution in [2.45, 2.75) is 65.5 Å². The Labute approximate surface area is 172 Å². The van der Waals surface area contributed by atoms with Gasteiger partial charge in [0.15, 0.2) is 0 Å². The minimum absolute atomic E-state index is 0. The number of hydrogen-bond acceptors (Lipinski definition) is 2.